The Labute approximate surface area is 170 Å². The molecule has 152 valence electrons. The van der Waals surface area contributed by atoms with Crippen molar-refractivity contribution < 1.29 is 18.7 Å². The Kier molecular flexibility index (Phi) is 5.71. The molecule has 2 aromatic carbocycles. The molecule has 0 aliphatic carbocycles. The summed E-state index contributed by atoms with van der Waals surface area (Å²) < 4.78 is 22.5. The van der Waals surface area contributed by atoms with Gasteiger partial charge in [-0.05, 0) is 49.6 Å². The smallest absolute Gasteiger partial charge is 0.161 e. The molecule has 2 heterocycles. The highest BCUT2D eigenvalue weighted by atomic mass is 16.5. The van der Waals surface area contributed by atoms with E-state index < -0.39 is 0 Å². The highest BCUT2D eigenvalue weighted by Crippen LogP contribution is 2.30. The zero-order valence-electron chi connectivity index (χ0n) is 17.0. The number of fused-ring (bicyclic) bond motifs is 1. The summed E-state index contributed by atoms with van der Waals surface area (Å²) in [6.45, 7) is 5.60. The highest BCUT2D eigenvalue weighted by Gasteiger charge is 2.19. The molecule has 1 aromatic heterocycles. The topological polar surface area (TPSA) is 65.8 Å². The number of ether oxygens (including phenoxy) is 3. The lowest BCUT2D eigenvalue weighted by Crippen LogP contribution is -2.38. The largest absolute Gasteiger partial charge is 0.493 e. The second-order valence-electron chi connectivity index (χ2n) is 7.28. The van der Waals surface area contributed by atoms with Crippen LogP contribution < -0.4 is 19.5 Å². The zero-order chi connectivity index (χ0) is 20.2. The van der Waals surface area contributed by atoms with Crippen molar-refractivity contribution >= 4 is 0 Å². The van der Waals surface area contributed by atoms with E-state index in [9.17, 15) is 0 Å². The van der Waals surface area contributed by atoms with Gasteiger partial charge in [0.25, 0.3) is 0 Å². The first kappa shape index (κ1) is 19.3. The second kappa shape index (κ2) is 8.57. The molecule has 0 amide bonds. The molecule has 29 heavy (non-hydrogen) atoms. The van der Waals surface area contributed by atoms with Crippen LogP contribution in [0.15, 0.2) is 47.0 Å². The number of hydrogen-bond donors (Lipinski definition) is 1. The van der Waals surface area contributed by atoms with Gasteiger partial charge in [-0.15, -0.1) is 0 Å². The fraction of sp³-hybridized carbons (Fsp3) is 0.348. The molecule has 1 aliphatic heterocycles. The molecule has 0 saturated heterocycles. The first-order valence-corrected chi connectivity index (χ1v) is 9.79. The molecule has 1 atom stereocenters. The van der Waals surface area contributed by atoms with E-state index in [0.29, 0.717) is 24.7 Å². The van der Waals surface area contributed by atoms with Crippen LogP contribution in [0, 0.1) is 13.8 Å². The van der Waals surface area contributed by atoms with E-state index in [2.05, 4.69) is 28.7 Å². The average molecular weight is 394 g/mol. The zero-order valence-corrected chi connectivity index (χ0v) is 17.0. The molecule has 0 fully saturated rings. The Bertz CT molecular complexity index is 963. The van der Waals surface area contributed by atoms with Crippen molar-refractivity contribution in [1.29, 1.82) is 0 Å². The van der Waals surface area contributed by atoms with Crippen LogP contribution >= 0.6 is 0 Å². The van der Waals surface area contributed by atoms with Crippen molar-refractivity contribution in [2.24, 2.45) is 0 Å². The van der Waals surface area contributed by atoms with Gasteiger partial charge in [-0.1, -0.05) is 29.4 Å². The third kappa shape index (κ3) is 4.38. The van der Waals surface area contributed by atoms with Gasteiger partial charge in [0.05, 0.1) is 18.4 Å². The van der Waals surface area contributed by atoms with Crippen LogP contribution in [0.1, 0.15) is 28.1 Å². The fourth-order valence-corrected chi connectivity index (χ4v) is 3.52. The van der Waals surface area contributed by atoms with Crippen molar-refractivity contribution in [3.8, 4) is 17.2 Å². The van der Waals surface area contributed by atoms with Crippen LogP contribution in [-0.4, -0.2) is 24.9 Å². The van der Waals surface area contributed by atoms with Gasteiger partial charge in [0, 0.05) is 12.6 Å². The third-order valence-corrected chi connectivity index (χ3v) is 5.26. The van der Waals surface area contributed by atoms with Crippen LogP contribution in [0.4, 0.5) is 0 Å². The Balaban J connectivity index is 1.37. The van der Waals surface area contributed by atoms with Gasteiger partial charge in [-0.25, -0.2) is 0 Å². The predicted octanol–water partition coefficient (Wildman–Crippen LogP) is 3.97. The molecular weight excluding hydrogens is 368 g/mol. The molecule has 4 rings (SSSR count). The Hall–Kier alpha value is -2.99. The molecule has 6 nitrogen and oxygen atoms in total. The lowest BCUT2D eigenvalue weighted by molar-refractivity contribution is 0.238. The Morgan fingerprint density at radius 3 is 2.79 bits per heavy atom. The number of rotatable bonds is 7. The summed E-state index contributed by atoms with van der Waals surface area (Å²) in [5, 5.41) is 7.54. The number of aromatic nitrogens is 1. The predicted molar refractivity (Wildman–Crippen MR) is 110 cm³/mol. The van der Waals surface area contributed by atoms with E-state index in [0.717, 1.165) is 41.3 Å². The molecule has 1 aliphatic rings. The molecule has 1 N–H and O–H groups in total. The van der Waals surface area contributed by atoms with Crippen LogP contribution in [0.3, 0.4) is 0 Å². The van der Waals surface area contributed by atoms with Crippen LogP contribution in [0.5, 0.6) is 17.2 Å². The maximum absolute atomic E-state index is 5.96. The van der Waals surface area contributed by atoms with Crippen LogP contribution in [0.2, 0.25) is 0 Å². The molecule has 1 unspecified atom stereocenters. The van der Waals surface area contributed by atoms with Gasteiger partial charge >= 0.3 is 0 Å². The monoisotopic (exact) mass is 394 g/mol. The van der Waals surface area contributed by atoms with Crippen LogP contribution in [-0.2, 0) is 19.6 Å². The summed E-state index contributed by atoms with van der Waals surface area (Å²) in [7, 11) is 1.65. The van der Waals surface area contributed by atoms with Crippen molar-refractivity contribution in [2.45, 2.75) is 39.5 Å². The molecule has 6 heteroatoms. The van der Waals surface area contributed by atoms with E-state index in [1.54, 1.807) is 7.11 Å². The van der Waals surface area contributed by atoms with E-state index >= 15 is 0 Å². The molecule has 0 spiro atoms. The molecule has 0 bridgehead atoms. The van der Waals surface area contributed by atoms with E-state index in [1.807, 2.05) is 38.1 Å². The van der Waals surface area contributed by atoms with E-state index in [1.165, 1.54) is 5.56 Å². The maximum atomic E-state index is 5.96. The third-order valence-electron chi connectivity index (χ3n) is 5.26. The lowest BCUT2D eigenvalue weighted by atomic mass is 10.0. The number of aryl methyl sites for hydroxylation is 2. The first-order valence-electron chi connectivity index (χ1n) is 9.79. The summed E-state index contributed by atoms with van der Waals surface area (Å²) >= 11 is 0. The Morgan fingerprint density at radius 1 is 1.14 bits per heavy atom. The summed E-state index contributed by atoms with van der Waals surface area (Å²) in [4.78, 5) is 0. The summed E-state index contributed by atoms with van der Waals surface area (Å²) in [6.07, 6.45) is 0.964. The maximum Gasteiger partial charge on any atom is 0.161 e. The molecular formula is C23H26N2O4. The second-order valence-corrected chi connectivity index (χ2v) is 7.28. The van der Waals surface area contributed by atoms with E-state index in [-0.39, 0.29) is 6.04 Å². The minimum absolute atomic E-state index is 0.284. The number of benzene rings is 2. The summed E-state index contributed by atoms with van der Waals surface area (Å²) in [6, 6.07) is 14.5. The lowest BCUT2D eigenvalue weighted by Gasteiger charge is -2.26. The van der Waals surface area contributed by atoms with Crippen molar-refractivity contribution in [3.63, 3.8) is 0 Å². The number of nitrogens with one attached hydrogen (secondary N) is 1. The van der Waals surface area contributed by atoms with Crippen LogP contribution in [0.25, 0.3) is 0 Å². The number of nitrogens with zero attached hydrogens (tertiary/aromatic N) is 1. The standard InChI is InChI=1S/C23H26N2O4/c1-15-20(16(2)29-25-15)14-28-22-9-8-17(10-23(22)26-3)12-24-19-11-18-6-4-5-7-21(18)27-13-19/h4-10,19,24H,11-14H2,1-3H3. The van der Waals surface area contributed by atoms with Gasteiger partial charge < -0.3 is 24.1 Å². The van der Waals surface area contributed by atoms with Crippen molar-refractivity contribution in [1.82, 2.24) is 10.5 Å². The number of methoxy groups -OCH3 is 1. The SMILES string of the molecule is COc1cc(CNC2COc3ccccc3C2)ccc1OCc1c(C)noc1C. The first-order chi connectivity index (χ1) is 14.1. The summed E-state index contributed by atoms with van der Waals surface area (Å²) in [5.74, 6) is 3.18. The minimum Gasteiger partial charge on any atom is -0.493 e. The molecule has 0 radical (unpaired) electrons. The average Bonchev–Trinajstić information content (AvgIpc) is 3.08. The molecule has 0 saturated carbocycles. The van der Waals surface area contributed by atoms with Gasteiger partial charge in [-0.3, -0.25) is 0 Å². The van der Waals surface area contributed by atoms with Crippen molar-refractivity contribution in [2.75, 3.05) is 13.7 Å². The Morgan fingerprint density at radius 2 is 2.00 bits per heavy atom. The normalized spacial score (nSPS) is 15.5. The highest BCUT2D eigenvalue weighted by molar-refractivity contribution is 5.43. The fourth-order valence-electron chi connectivity index (χ4n) is 3.52. The number of hydrogen-bond acceptors (Lipinski definition) is 6. The van der Waals surface area contributed by atoms with Gasteiger partial charge in [0.15, 0.2) is 11.5 Å². The number of para-hydroxylation sites is 1. The van der Waals surface area contributed by atoms with Gasteiger partial charge in [0.2, 0.25) is 0 Å². The minimum atomic E-state index is 0.284. The van der Waals surface area contributed by atoms with E-state index in [4.69, 9.17) is 18.7 Å². The van der Waals surface area contributed by atoms with Gasteiger partial charge in [0.1, 0.15) is 24.7 Å². The van der Waals surface area contributed by atoms with Gasteiger partial charge in [-0.2, -0.15) is 0 Å². The molecule has 3 aromatic rings. The summed E-state index contributed by atoms with van der Waals surface area (Å²) in [5.41, 5.74) is 4.19. The van der Waals surface area contributed by atoms with Crippen molar-refractivity contribution in [3.05, 3.63) is 70.6 Å². The quantitative estimate of drug-likeness (QED) is 0.654.